The molecular weight excluding hydrogens is 182 g/mol. The Morgan fingerprint density at radius 3 is 2.50 bits per heavy atom. The van der Waals surface area contributed by atoms with Crippen LogP contribution in [0.5, 0.6) is 0 Å². The number of nitrogens with one attached hydrogen (secondary N) is 1. The number of amides is 1. The van der Waals surface area contributed by atoms with Crippen molar-refractivity contribution in [3.63, 3.8) is 0 Å². The number of ether oxygens (including phenoxy) is 1. The molecule has 0 aromatic carbocycles. The molecule has 0 heterocycles. The van der Waals surface area contributed by atoms with E-state index in [-0.39, 0.29) is 18.1 Å². The molecule has 0 bridgehead atoms. The quantitative estimate of drug-likeness (QED) is 0.678. The molecule has 4 heteroatoms. The van der Waals surface area contributed by atoms with E-state index in [4.69, 9.17) is 9.84 Å². The predicted molar refractivity (Wildman–Crippen MR) is 52.9 cm³/mol. The van der Waals surface area contributed by atoms with Crippen LogP contribution in [0.1, 0.15) is 33.1 Å². The number of carbonyl (C=O) groups is 1. The topological polar surface area (TPSA) is 58.6 Å². The van der Waals surface area contributed by atoms with Gasteiger partial charge in [-0.1, -0.05) is 6.92 Å². The van der Waals surface area contributed by atoms with Gasteiger partial charge in [0.15, 0.2) is 0 Å². The van der Waals surface area contributed by atoms with Crippen LogP contribution in [-0.2, 0) is 9.53 Å². The van der Waals surface area contributed by atoms with Gasteiger partial charge in [0.2, 0.25) is 0 Å². The average molecular weight is 201 g/mol. The fourth-order valence-corrected chi connectivity index (χ4v) is 1.24. The second-order valence-corrected chi connectivity index (χ2v) is 4.18. The van der Waals surface area contributed by atoms with Gasteiger partial charge >= 0.3 is 0 Å². The van der Waals surface area contributed by atoms with Crippen molar-refractivity contribution >= 4 is 5.91 Å². The van der Waals surface area contributed by atoms with E-state index in [2.05, 4.69) is 5.32 Å². The summed E-state index contributed by atoms with van der Waals surface area (Å²) in [7, 11) is 1.53. The number of aliphatic hydroxyl groups excluding tert-OH is 1. The number of hydrogen-bond donors (Lipinski definition) is 2. The van der Waals surface area contributed by atoms with E-state index in [1.165, 1.54) is 7.11 Å². The van der Waals surface area contributed by atoms with Gasteiger partial charge in [0.25, 0.3) is 5.91 Å². The summed E-state index contributed by atoms with van der Waals surface area (Å²) in [5.41, 5.74) is -1.13. The van der Waals surface area contributed by atoms with Crippen molar-refractivity contribution in [1.29, 1.82) is 0 Å². The zero-order valence-corrected chi connectivity index (χ0v) is 9.09. The Morgan fingerprint density at radius 1 is 1.64 bits per heavy atom. The molecule has 0 radical (unpaired) electrons. The van der Waals surface area contributed by atoms with Crippen LogP contribution >= 0.6 is 0 Å². The summed E-state index contributed by atoms with van der Waals surface area (Å²) in [5, 5.41) is 11.9. The molecule has 1 rings (SSSR count). The average Bonchev–Trinajstić information content (AvgIpc) is 2.97. The van der Waals surface area contributed by atoms with Crippen molar-refractivity contribution in [2.45, 2.75) is 44.2 Å². The molecule has 14 heavy (non-hydrogen) atoms. The maximum Gasteiger partial charge on any atom is 0.252 e. The smallest absolute Gasteiger partial charge is 0.252 e. The standard InChI is InChI=1S/C10H19NO3/c1-4-9(2,14-3)8(13)11-10(7-12)5-6-10/h12H,4-7H2,1-3H3,(H,11,13). The van der Waals surface area contributed by atoms with Gasteiger partial charge in [-0.15, -0.1) is 0 Å². The first-order valence-corrected chi connectivity index (χ1v) is 5.00. The Balaban J connectivity index is 2.56. The van der Waals surface area contributed by atoms with Crippen LogP contribution in [0.15, 0.2) is 0 Å². The fourth-order valence-electron chi connectivity index (χ4n) is 1.24. The molecule has 1 fully saturated rings. The van der Waals surface area contributed by atoms with E-state index in [1.54, 1.807) is 6.92 Å². The van der Waals surface area contributed by atoms with Gasteiger partial charge in [-0.05, 0) is 26.2 Å². The first-order valence-electron chi connectivity index (χ1n) is 5.00. The van der Waals surface area contributed by atoms with Crippen LogP contribution in [0.2, 0.25) is 0 Å². The third-order valence-electron chi connectivity index (χ3n) is 3.14. The third-order valence-corrected chi connectivity index (χ3v) is 3.14. The molecule has 0 aromatic heterocycles. The predicted octanol–water partition coefficient (Wildman–Crippen LogP) is 0.443. The molecule has 82 valence electrons. The highest BCUT2D eigenvalue weighted by molar-refractivity contribution is 5.85. The molecule has 2 N–H and O–H groups in total. The van der Waals surface area contributed by atoms with Gasteiger partial charge in [0, 0.05) is 7.11 Å². The number of hydrogen-bond acceptors (Lipinski definition) is 3. The molecule has 0 aromatic rings. The van der Waals surface area contributed by atoms with Gasteiger partial charge in [-0.2, -0.15) is 0 Å². The number of aliphatic hydroxyl groups is 1. The van der Waals surface area contributed by atoms with Crippen molar-refractivity contribution < 1.29 is 14.6 Å². The minimum absolute atomic E-state index is 0.0161. The molecule has 1 aliphatic carbocycles. The summed E-state index contributed by atoms with van der Waals surface area (Å²) in [6, 6.07) is 0. The summed E-state index contributed by atoms with van der Waals surface area (Å²) in [6.45, 7) is 3.68. The summed E-state index contributed by atoms with van der Waals surface area (Å²) in [6.07, 6.45) is 2.34. The highest BCUT2D eigenvalue weighted by Gasteiger charge is 2.46. The van der Waals surface area contributed by atoms with Gasteiger partial charge in [0.05, 0.1) is 12.1 Å². The maximum atomic E-state index is 11.8. The van der Waals surface area contributed by atoms with Crippen LogP contribution in [0.3, 0.4) is 0 Å². The summed E-state index contributed by atoms with van der Waals surface area (Å²) >= 11 is 0. The van der Waals surface area contributed by atoms with E-state index in [9.17, 15) is 4.79 Å². The third kappa shape index (κ3) is 2.07. The molecule has 0 aliphatic heterocycles. The second kappa shape index (κ2) is 3.87. The van der Waals surface area contributed by atoms with E-state index < -0.39 is 5.60 Å². The Morgan fingerprint density at radius 2 is 2.21 bits per heavy atom. The lowest BCUT2D eigenvalue weighted by Gasteiger charge is -2.27. The van der Waals surface area contributed by atoms with Gasteiger partial charge in [-0.3, -0.25) is 4.79 Å². The Kier molecular flexibility index (Phi) is 3.17. The first kappa shape index (κ1) is 11.5. The maximum absolute atomic E-state index is 11.8. The van der Waals surface area contributed by atoms with E-state index >= 15 is 0 Å². The van der Waals surface area contributed by atoms with E-state index in [1.807, 2.05) is 6.92 Å². The molecule has 4 nitrogen and oxygen atoms in total. The normalized spacial score (nSPS) is 22.6. The van der Waals surface area contributed by atoms with Crippen LogP contribution < -0.4 is 5.32 Å². The van der Waals surface area contributed by atoms with Crippen LogP contribution in [0, 0.1) is 0 Å². The minimum atomic E-state index is -0.773. The molecule has 1 aliphatic rings. The Hall–Kier alpha value is -0.610. The van der Waals surface area contributed by atoms with Crippen molar-refractivity contribution in [1.82, 2.24) is 5.32 Å². The van der Waals surface area contributed by atoms with E-state index in [0.29, 0.717) is 6.42 Å². The summed E-state index contributed by atoms with van der Waals surface area (Å²) in [5.74, 6) is -0.131. The monoisotopic (exact) mass is 201 g/mol. The molecule has 0 spiro atoms. The van der Waals surface area contributed by atoms with Crippen molar-refractivity contribution in [3.8, 4) is 0 Å². The molecule has 1 unspecified atom stereocenters. The zero-order valence-electron chi connectivity index (χ0n) is 9.09. The molecular formula is C10H19NO3. The highest BCUT2D eigenvalue weighted by atomic mass is 16.5. The van der Waals surface area contributed by atoms with E-state index in [0.717, 1.165) is 12.8 Å². The first-order chi connectivity index (χ1) is 6.52. The van der Waals surface area contributed by atoms with Gasteiger partial charge in [-0.25, -0.2) is 0 Å². The summed E-state index contributed by atoms with van der Waals surface area (Å²) in [4.78, 5) is 11.8. The lowest BCUT2D eigenvalue weighted by atomic mass is 10.0. The fraction of sp³-hybridized carbons (Fsp3) is 0.900. The van der Waals surface area contributed by atoms with Crippen LogP contribution in [-0.4, -0.2) is 35.9 Å². The zero-order chi connectivity index (χ0) is 10.8. The van der Waals surface area contributed by atoms with Crippen LogP contribution in [0.4, 0.5) is 0 Å². The van der Waals surface area contributed by atoms with Gasteiger partial charge < -0.3 is 15.2 Å². The second-order valence-electron chi connectivity index (χ2n) is 4.18. The van der Waals surface area contributed by atoms with Crippen molar-refractivity contribution in [3.05, 3.63) is 0 Å². The Bertz CT molecular complexity index is 219. The molecule has 1 saturated carbocycles. The minimum Gasteiger partial charge on any atom is -0.394 e. The van der Waals surface area contributed by atoms with Crippen LogP contribution in [0.25, 0.3) is 0 Å². The van der Waals surface area contributed by atoms with Crippen molar-refractivity contribution in [2.24, 2.45) is 0 Å². The number of rotatable bonds is 5. The SMILES string of the molecule is CCC(C)(OC)C(=O)NC1(CO)CC1. The lowest BCUT2D eigenvalue weighted by Crippen LogP contribution is -2.51. The molecule has 0 saturated heterocycles. The van der Waals surface area contributed by atoms with Crippen molar-refractivity contribution in [2.75, 3.05) is 13.7 Å². The molecule has 1 amide bonds. The number of methoxy groups -OCH3 is 1. The highest BCUT2D eigenvalue weighted by Crippen LogP contribution is 2.35. The summed E-state index contributed by atoms with van der Waals surface area (Å²) < 4.78 is 5.17. The largest absolute Gasteiger partial charge is 0.394 e. The molecule has 1 atom stereocenters. The Labute approximate surface area is 84.6 Å². The number of carbonyl (C=O) groups excluding carboxylic acids is 1. The van der Waals surface area contributed by atoms with Gasteiger partial charge in [0.1, 0.15) is 5.60 Å². The lowest BCUT2D eigenvalue weighted by molar-refractivity contribution is -0.143.